The molecule has 1 amide bonds. The van der Waals surface area contributed by atoms with Crippen LogP contribution in [0.1, 0.15) is 31.5 Å². The normalized spacial score (nSPS) is 12.8. The van der Waals surface area contributed by atoms with Gasteiger partial charge in [0.25, 0.3) is 0 Å². The molecular formula is C18H23FN2O4S2. The molecule has 0 saturated heterocycles. The third-order valence-electron chi connectivity index (χ3n) is 3.72. The van der Waals surface area contributed by atoms with Crippen molar-refractivity contribution in [3.8, 4) is 5.75 Å². The lowest BCUT2D eigenvalue weighted by Gasteiger charge is -2.13. The van der Waals surface area contributed by atoms with Crippen LogP contribution in [-0.4, -0.2) is 31.1 Å². The maximum Gasteiger partial charge on any atom is 0.238 e. The number of sulfone groups is 1. The number of thiazole rings is 1. The molecule has 0 radical (unpaired) electrons. The van der Waals surface area contributed by atoms with Gasteiger partial charge in [-0.3, -0.25) is 4.79 Å². The number of amides is 1. The van der Waals surface area contributed by atoms with Crippen molar-refractivity contribution in [1.29, 1.82) is 0 Å². The molecule has 1 unspecified atom stereocenters. The Kier molecular flexibility index (Phi) is 7.32. The number of halogens is 1. The summed E-state index contributed by atoms with van der Waals surface area (Å²) >= 11 is 1.27. The third kappa shape index (κ3) is 6.59. The molecule has 0 fully saturated rings. The minimum absolute atomic E-state index is 0.154. The van der Waals surface area contributed by atoms with E-state index in [2.05, 4.69) is 10.3 Å². The Bertz CT molecular complexity index is 864. The molecule has 0 saturated carbocycles. The van der Waals surface area contributed by atoms with E-state index in [9.17, 15) is 17.6 Å². The monoisotopic (exact) mass is 414 g/mol. The molecule has 1 atom stereocenters. The minimum atomic E-state index is -3.67. The predicted octanol–water partition coefficient (Wildman–Crippen LogP) is 2.94. The van der Waals surface area contributed by atoms with Crippen molar-refractivity contribution in [2.24, 2.45) is 5.92 Å². The zero-order chi connectivity index (χ0) is 20.0. The molecule has 1 N–H and O–H groups in total. The number of aromatic nitrogens is 1. The standard InChI is InChI=1S/C18H23FN2O4S2/c1-12(2)8-20-18(22)13(3)27(23,24)11-15-10-26-17(21-15)9-25-16-6-4-14(19)5-7-16/h4-7,10,12-13H,8-9,11H2,1-3H3,(H,20,22). The van der Waals surface area contributed by atoms with Crippen LogP contribution in [0.3, 0.4) is 0 Å². The lowest BCUT2D eigenvalue weighted by atomic mass is 10.2. The summed E-state index contributed by atoms with van der Waals surface area (Å²) in [7, 11) is -3.67. The molecule has 2 rings (SSSR count). The van der Waals surface area contributed by atoms with Gasteiger partial charge in [-0.05, 0) is 37.1 Å². The number of carbonyl (C=O) groups excluding carboxylic acids is 1. The second-order valence-corrected chi connectivity index (χ2v) is 9.83. The van der Waals surface area contributed by atoms with Crippen LogP contribution in [0.25, 0.3) is 0 Å². The Hall–Kier alpha value is -2.00. The SMILES string of the molecule is CC(C)CNC(=O)C(C)S(=O)(=O)Cc1csc(COc2ccc(F)cc2)n1. The topological polar surface area (TPSA) is 85.4 Å². The highest BCUT2D eigenvalue weighted by Gasteiger charge is 2.29. The fraction of sp³-hybridized carbons (Fsp3) is 0.444. The average molecular weight is 415 g/mol. The van der Waals surface area contributed by atoms with E-state index < -0.39 is 21.0 Å². The van der Waals surface area contributed by atoms with Gasteiger partial charge < -0.3 is 10.1 Å². The highest BCUT2D eigenvalue weighted by Crippen LogP contribution is 2.18. The summed E-state index contributed by atoms with van der Waals surface area (Å²) in [6.45, 7) is 5.84. The molecule has 6 nitrogen and oxygen atoms in total. The van der Waals surface area contributed by atoms with E-state index in [1.54, 1.807) is 5.38 Å². The summed E-state index contributed by atoms with van der Waals surface area (Å²) < 4.78 is 43.3. The van der Waals surface area contributed by atoms with E-state index in [-0.39, 0.29) is 24.1 Å². The molecule has 9 heteroatoms. The van der Waals surface area contributed by atoms with Crippen LogP contribution in [0, 0.1) is 11.7 Å². The van der Waals surface area contributed by atoms with Crippen molar-refractivity contribution < 1.29 is 22.3 Å². The van der Waals surface area contributed by atoms with Crippen LogP contribution < -0.4 is 10.1 Å². The molecule has 1 aromatic carbocycles. The Morgan fingerprint density at radius 3 is 2.56 bits per heavy atom. The van der Waals surface area contributed by atoms with E-state index in [0.29, 0.717) is 23.0 Å². The van der Waals surface area contributed by atoms with Gasteiger partial charge >= 0.3 is 0 Å². The first-order valence-corrected chi connectivity index (χ1v) is 11.1. The molecule has 1 heterocycles. The zero-order valence-corrected chi connectivity index (χ0v) is 17.1. The van der Waals surface area contributed by atoms with Gasteiger partial charge in [-0.2, -0.15) is 0 Å². The van der Waals surface area contributed by atoms with Crippen molar-refractivity contribution in [2.45, 2.75) is 38.4 Å². The zero-order valence-electron chi connectivity index (χ0n) is 15.4. The predicted molar refractivity (Wildman–Crippen MR) is 103 cm³/mol. The van der Waals surface area contributed by atoms with Crippen LogP contribution in [-0.2, 0) is 27.0 Å². The first-order chi connectivity index (χ1) is 12.7. The molecule has 1 aromatic heterocycles. The molecule has 0 bridgehead atoms. The van der Waals surface area contributed by atoms with Gasteiger partial charge in [0.1, 0.15) is 28.4 Å². The van der Waals surface area contributed by atoms with E-state index in [4.69, 9.17) is 4.74 Å². The van der Waals surface area contributed by atoms with Crippen molar-refractivity contribution >= 4 is 27.1 Å². The highest BCUT2D eigenvalue weighted by atomic mass is 32.2. The molecule has 148 valence electrons. The summed E-state index contributed by atoms with van der Waals surface area (Å²) in [6, 6.07) is 5.60. The van der Waals surface area contributed by atoms with Crippen LogP contribution in [0.5, 0.6) is 5.75 Å². The van der Waals surface area contributed by atoms with Crippen LogP contribution in [0.2, 0.25) is 0 Å². The fourth-order valence-electron chi connectivity index (χ4n) is 2.10. The van der Waals surface area contributed by atoms with Gasteiger partial charge in [-0.1, -0.05) is 13.8 Å². The van der Waals surface area contributed by atoms with Gasteiger partial charge in [0.2, 0.25) is 5.91 Å². The summed E-state index contributed by atoms with van der Waals surface area (Å²) in [5.74, 6) is -0.423. The number of carbonyl (C=O) groups is 1. The number of nitrogens with zero attached hydrogens (tertiary/aromatic N) is 1. The Morgan fingerprint density at radius 1 is 1.26 bits per heavy atom. The number of hydrogen-bond acceptors (Lipinski definition) is 6. The number of nitrogens with one attached hydrogen (secondary N) is 1. The van der Waals surface area contributed by atoms with Crippen LogP contribution >= 0.6 is 11.3 Å². The van der Waals surface area contributed by atoms with E-state index in [1.165, 1.54) is 42.5 Å². The van der Waals surface area contributed by atoms with Crippen molar-refractivity contribution in [2.75, 3.05) is 6.54 Å². The quantitative estimate of drug-likeness (QED) is 0.682. The number of hydrogen-bond donors (Lipinski definition) is 1. The summed E-state index contributed by atoms with van der Waals surface area (Å²) in [4.78, 5) is 16.3. The number of rotatable bonds is 9. The maximum absolute atomic E-state index is 12.9. The third-order valence-corrected chi connectivity index (χ3v) is 6.58. The lowest BCUT2D eigenvalue weighted by molar-refractivity contribution is -0.120. The van der Waals surface area contributed by atoms with Crippen molar-refractivity contribution in [3.63, 3.8) is 0 Å². The summed E-state index contributed by atoms with van der Waals surface area (Å²) in [6.07, 6.45) is 0. The van der Waals surface area contributed by atoms with Crippen LogP contribution in [0.4, 0.5) is 4.39 Å². The van der Waals surface area contributed by atoms with Crippen molar-refractivity contribution in [3.05, 3.63) is 46.2 Å². The van der Waals surface area contributed by atoms with Crippen LogP contribution in [0.15, 0.2) is 29.6 Å². The van der Waals surface area contributed by atoms with E-state index in [1.807, 2.05) is 13.8 Å². The smallest absolute Gasteiger partial charge is 0.238 e. The van der Waals surface area contributed by atoms with E-state index >= 15 is 0 Å². The second kappa shape index (κ2) is 9.27. The van der Waals surface area contributed by atoms with Gasteiger partial charge in [0, 0.05) is 11.9 Å². The summed E-state index contributed by atoms with van der Waals surface area (Å²) in [5, 5.41) is 3.73. The van der Waals surface area contributed by atoms with E-state index in [0.717, 1.165) is 0 Å². The van der Waals surface area contributed by atoms with Gasteiger partial charge in [0.15, 0.2) is 9.84 Å². The Balaban J connectivity index is 1.93. The first-order valence-electron chi connectivity index (χ1n) is 8.48. The number of ether oxygens (including phenoxy) is 1. The van der Waals surface area contributed by atoms with Gasteiger partial charge in [-0.25, -0.2) is 17.8 Å². The molecule has 0 aliphatic heterocycles. The highest BCUT2D eigenvalue weighted by molar-refractivity contribution is 7.92. The molecule has 0 spiro atoms. The summed E-state index contributed by atoms with van der Waals surface area (Å²) in [5.41, 5.74) is 0.376. The minimum Gasteiger partial charge on any atom is -0.486 e. The Morgan fingerprint density at radius 2 is 1.93 bits per heavy atom. The molecule has 27 heavy (non-hydrogen) atoms. The maximum atomic E-state index is 12.9. The van der Waals surface area contributed by atoms with Gasteiger partial charge in [-0.15, -0.1) is 11.3 Å². The fourth-order valence-corrected chi connectivity index (χ4v) is 4.13. The largest absolute Gasteiger partial charge is 0.486 e. The average Bonchev–Trinajstić information content (AvgIpc) is 3.05. The second-order valence-electron chi connectivity index (χ2n) is 6.56. The Labute approximate surface area is 162 Å². The lowest BCUT2D eigenvalue weighted by Crippen LogP contribution is -2.39. The van der Waals surface area contributed by atoms with Gasteiger partial charge in [0.05, 0.1) is 11.4 Å². The molecule has 0 aliphatic carbocycles. The first kappa shape index (κ1) is 21.3. The number of benzene rings is 1. The molecule has 0 aliphatic rings. The molecular weight excluding hydrogens is 391 g/mol. The molecule has 2 aromatic rings. The van der Waals surface area contributed by atoms with Crippen molar-refractivity contribution in [1.82, 2.24) is 10.3 Å².